The molecule has 2 nitrogen and oxygen atoms in total. The van der Waals surface area contributed by atoms with Crippen LogP contribution in [0.25, 0.3) is 0 Å². The lowest BCUT2D eigenvalue weighted by atomic mass is 10.1. The van der Waals surface area contributed by atoms with Gasteiger partial charge in [-0.1, -0.05) is 12.1 Å². The molecule has 0 atom stereocenters. The highest BCUT2D eigenvalue weighted by Gasteiger charge is 2.08. The lowest BCUT2D eigenvalue weighted by Gasteiger charge is -1.98. The minimum absolute atomic E-state index is 0.0810. The normalized spacial score (nSPS) is 10.2. The summed E-state index contributed by atoms with van der Waals surface area (Å²) in [5.41, 5.74) is 3.29. The van der Waals surface area contributed by atoms with Crippen molar-refractivity contribution in [3.8, 4) is 0 Å². The Balaban J connectivity index is 2.09. The van der Waals surface area contributed by atoms with Crippen LogP contribution in [0.2, 0.25) is 0 Å². The van der Waals surface area contributed by atoms with E-state index >= 15 is 0 Å². The zero-order valence-corrected chi connectivity index (χ0v) is 10.8. The number of benzene rings is 1. The SMILES string of the molecule is O=C(Cc1ccc(I)cc1)c1cscn1. The molecule has 0 bridgehead atoms. The van der Waals surface area contributed by atoms with E-state index in [0.717, 1.165) is 5.56 Å². The van der Waals surface area contributed by atoms with Crippen LogP contribution in [0.5, 0.6) is 0 Å². The van der Waals surface area contributed by atoms with Crippen LogP contribution in [-0.4, -0.2) is 10.8 Å². The van der Waals surface area contributed by atoms with E-state index in [0.29, 0.717) is 12.1 Å². The number of carbonyl (C=O) groups is 1. The summed E-state index contributed by atoms with van der Waals surface area (Å²) in [6, 6.07) is 7.96. The summed E-state index contributed by atoms with van der Waals surface area (Å²) in [6.07, 6.45) is 0.431. The van der Waals surface area contributed by atoms with Crippen LogP contribution in [0.4, 0.5) is 0 Å². The Morgan fingerprint density at radius 2 is 2.07 bits per heavy atom. The monoisotopic (exact) mass is 329 g/mol. The molecule has 0 amide bonds. The van der Waals surface area contributed by atoms with Crippen LogP contribution in [0.1, 0.15) is 16.1 Å². The summed E-state index contributed by atoms with van der Waals surface area (Å²) in [7, 11) is 0. The second-order valence-electron chi connectivity index (χ2n) is 3.10. The largest absolute Gasteiger partial charge is 0.292 e. The van der Waals surface area contributed by atoms with E-state index in [1.807, 2.05) is 24.3 Å². The average Bonchev–Trinajstić information content (AvgIpc) is 2.74. The molecule has 0 fully saturated rings. The molecule has 76 valence electrons. The number of Topliss-reactive ketones (excluding diaryl/α,β-unsaturated/α-hetero) is 1. The third-order valence-electron chi connectivity index (χ3n) is 2.00. The lowest BCUT2D eigenvalue weighted by Crippen LogP contribution is -2.03. The fraction of sp³-hybridized carbons (Fsp3) is 0.0909. The molecular formula is C11H8INOS. The van der Waals surface area contributed by atoms with Gasteiger partial charge in [-0.15, -0.1) is 11.3 Å². The Labute approximate surface area is 106 Å². The van der Waals surface area contributed by atoms with Crippen LogP contribution in [-0.2, 0) is 6.42 Å². The van der Waals surface area contributed by atoms with E-state index in [4.69, 9.17) is 0 Å². The van der Waals surface area contributed by atoms with E-state index in [9.17, 15) is 4.79 Å². The third kappa shape index (κ3) is 2.85. The maximum Gasteiger partial charge on any atom is 0.186 e. The van der Waals surface area contributed by atoms with Crippen LogP contribution < -0.4 is 0 Å². The predicted molar refractivity (Wildman–Crippen MR) is 69.3 cm³/mol. The Kier molecular flexibility index (Phi) is 3.48. The molecule has 0 unspecified atom stereocenters. The zero-order chi connectivity index (χ0) is 10.7. The molecule has 2 aromatic rings. The predicted octanol–water partition coefficient (Wildman–Crippen LogP) is 3.17. The number of thiazole rings is 1. The van der Waals surface area contributed by atoms with Crippen molar-refractivity contribution in [1.29, 1.82) is 0 Å². The summed E-state index contributed by atoms with van der Waals surface area (Å²) in [4.78, 5) is 15.7. The van der Waals surface area contributed by atoms with Crippen LogP contribution in [0.3, 0.4) is 0 Å². The number of nitrogens with zero attached hydrogens (tertiary/aromatic N) is 1. The molecule has 0 saturated carbocycles. The molecule has 1 aromatic carbocycles. The van der Waals surface area contributed by atoms with Crippen molar-refractivity contribution in [2.45, 2.75) is 6.42 Å². The summed E-state index contributed by atoms with van der Waals surface area (Å²) in [6.45, 7) is 0. The summed E-state index contributed by atoms with van der Waals surface area (Å²) in [5, 5.41) is 1.79. The molecule has 0 aliphatic rings. The molecule has 2 rings (SSSR count). The van der Waals surface area contributed by atoms with Gasteiger partial charge in [0.05, 0.1) is 5.51 Å². The number of halogens is 1. The van der Waals surface area contributed by atoms with Crippen LogP contribution in [0.15, 0.2) is 35.2 Å². The van der Waals surface area contributed by atoms with Crippen molar-refractivity contribution in [2.75, 3.05) is 0 Å². The average molecular weight is 329 g/mol. The minimum atomic E-state index is 0.0810. The maximum absolute atomic E-state index is 11.7. The highest BCUT2D eigenvalue weighted by atomic mass is 127. The van der Waals surface area contributed by atoms with Gasteiger partial charge in [-0.25, -0.2) is 4.98 Å². The first-order valence-electron chi connectivity index (χ1n) is 4.41. The molecule has 0 radical (unpaired) electrons. The molecule has 0 aliphatic heterocycles. The highest BCUT2D eigenvalue weighted by molar-refractivity contribution is 14.1. The van der Waals surface area contributed by atoms with E-state index in [-0.39, 0.29) is 5.78 Å². The molecule has 0 spiro atoms. The van der Waals surface area contributed by atoms with E-state index in [1.165, 1.54) is 14.9 Å². The molecular weight excluding hydrogens is 321 g/mol. The van der Waals surface area contributed by atoms with Crippen molar-refractivity contribution in [2.24, 2.45) is 0 Å². The minimum Gasteiger partial charge on any atom is -0.292 e. The smallest absolute Gasteiger partial charge is 0.186 e. The van der Waals surface area contributed by atoms with Crippen LogP contribution >= 0.6 is 33.9 Å². The fourth-order valence-corrected chi connectivity index (χ4v) is 2.14. The van der Waals surface area contributed by atoms with Gasteiger partial charge in [-0.05, 0) is 40.3 Å². The van der Waals surface area contributed by atoms with Crippen molar-refractivity contribution < 1.29 is 4.79 Å². The first kappa shape index (κ1) is 10.8. The van der Waals surface area contributed by atoms with E-state index in [1.54, 1.807) is 10.9 Å². The summed E-state index contributed by atoms with van der Waals surface area (Å²) in [5.74, 6) is 0.0810. The highest BCUT2D eigenvalue weighted by Crippen LogP contribution is 2.10. The fourth-order valence-electron chi connectivity index (χ4n) is 1.23. The zero-order valence-electron chi connectivity index (χ0n) is 7.81. The number of hydrogen-bond donors (Lipinski definition) is 0. The van der Waals surface area contributed by atoms with Gasteiger partial charge in [-0.2, -0.15) is 0 Å². The van der Waals surface area contributed by atoms with Crippen molar-refractivity contribution in [1.82, 2.24) is 4.98 Å². The van der Waals surface area contributed by atoms with Crippen molar-refractivity contribution in [3.63, 3.8) is 0 Å². The van der Waals surface area contributed by atoms with E-state index < -0.39 is 0 Å². The van der Waals surface area contributed by atoms with Gasteiger partial charge in [0.15, 0.2) is 5.78 Å². The second-order valence-corrected chi connectivity index (χ2v) is 5.06. The number of rotatable bonds is 3. The molecule has 4 heteroatoms. The lowest BCUT2D eigenvalue weighted by molar-refractivity contribution is 0.0989. The van der Waals surface area contributed by atoms with Gasteiger partial charge in [0.1, 0.15) is 5.69 Å². The summed E-state index contributed by atoms with van der Waals surface area (Å²) < 4.78 is 1.18. The first-order chi connectivity index (χ1) is 7.25. The maximum atomic E-state index is 11.7. The molecule has 0 aliphatic carbocycles. The molecule has 15 heavy (non-hydrogen) atoms. The molecule has 0 saturated heterocycles. The quantitative estimate of drug-likeness (QED) is 0.640. The number of aromatic nitrogens is 1. The van der Waals surface area contributed by atoms with Gasteiger partial charge >= 0.3 is 0 Å². The standard InChI is InChI=1S/C11H8INOS/c12-9-3-1-8(2-4-9)5-11(14)10-6-15-7-13-10/h1-4,6-7H,5H2. The summed E-state index contributed by atoms with van der Waals surface area (Å²) >= 11 is 3.69. The van der Waals surface area contributed by atoms with Crippen molar-refractivity contribution in [3.05, 3.63) is 50.0 Å². The van der Waals surface area contributed by atoms with Gasteiger partial charge in [0.2, 0.25) is 0 Å². The topological polar surface area (TPSA) is 30.0 Å². The first-order valence-corrected chi connectivity index (χ1v) is 6.44. The Bertz CT molecular complexity index is 450. The number of hydrogen-bond acceptors (Lipinski definition) is 3. The molecule has 1 aromatic heterocycles. The number of carbonyl (C=O) groups excluding carboxylic acids is 1. The van der Waals surface area contributed by atoms with Gasteiger partial charge < -0.3 is 0 Å². The van der Waals surface area contributed by atoms with Crippen molar-refractivity contribution >= 4 is 39.7 Å². The Morgan fingerprint density at radius 3 is 2.67 bits per heavy atom. The Hall–Kier alpha value is -0.750. The Morgan fingerprint density at radius 1 is 1.33 bits per heavy atom. The van der Waals surface area contributed by atoms with Gasteiger partial charge in [0, 0.05) is 15.4 Å². The third-order valence-corrected chi connectivity index (χ3v) is 3.30. The molecule has 0 N–H and O–H groups in total. The molecule has 1 heterocycles. The van der Waals surface area contributed by atoms with Crippen LogP contribution in [0, 0.1) is 3.57 Å². The van der Waals surface area contributed by atoms with Gasteiger partial charge in [0.25, 0.3) is 0 Å². The number of ketones is 1. The second kappa shape index (κ2) is 4.85. The van der Waals surface area contributed by atoms with E-state index in [2.05, 4.69) is 27.6 Å². The van der Waals surface area contributed by atoms with Gasteiger partial charge in [-0.3, -0.25) is 4.79 Å².